The van der Waals surface area contributed by atoms with Gasteiger partial charge < -0.3 is 0 Å². The summed E-state index contributed by atoms with van der Waals surface area (Å²) in [6.45, 7) is 0. The highest BCUT2D eigenvalue weighted by molar-refractivity contribution is 9.10. The van der Waals surface area contributed by atoms with Gasteiger partial charge in [0.05, 0.1) is 19.9 Å². The van der Waals surface area contributed by atoms with E-state index in [1.807, 2.05) is 0 Å². The van der Waals surface area contributed by atoms with Gasteiger partial charge in [-0.05, 0) is 47.0 Å². The van der Waals surface area contributed by atoms with E-state index in [9.17, 15) is 8.60 Å². The summed E-state index contributed by atoms with van der Waals surface area (Å²) in [7, 11) is -2.05. The number of hydrogen-bond acceptors (Lipinski definition) is 2. The summed E-state index contributed by atoms with van der Waals surface area (Å²) in [6, 6.07) is 4.46. The van der Waals surface area contributed by atoms with Gasteiger partial charge in [0.25, 0.3) is 0 Å². The van der Waals surface area contributed by atoms with Gasteiger partial charge in [-0.1, -0.05) is 0 Å². The Balaban J connectivity index is 2.39. The summed E-state index contributed by atoms with van der Waals surface area (Å²) in [6.07, 6.45) is 1.95. The van der Waals surface area contributed by atoms with Crippen LogP contribution in [0.5, 0.6) is 0 Å². The Morgan fingerprint density at radius 2 is 2.00 bits per heavy atom. The molecule has 5 heteroatoms. The molecule has 1 aromatic rings. The number of hydrogen-bond donors (Lipinski definition) is 0. The van der Waals surface area contributed by atoms with Crippen LogP contribution in [0.15, 0.2) is 27.0 Å². The molecule has 0 saturated carbocycles. The molecule has 0 unspecified atom stereocenters. The summed E-state index contributed by atoms with van der Waals surface area (Å²) in [4.78, 5) is 0. The highest BCUT2D eigenvalue weighted by atomic mass is 79.9. The molecular weight excluding hydrogens is 281 g/mol. The first-order chi connectivity index (χ1) is 7.09. The van der Waals surface area contributed by atoms with Gasteiger partial charge in [0.2, 0.25) is 0 Å². The van der Waals surface area contributed by atoms with Crippen molar-refractivity contribution in [2.75, 3.05) is 11.5 Å². The van der Waals surface area contributed by atoms with Crippen LogP contribution in [0.4, 0.5) is 10.1 Å². The van der Waals surface area contributed by atoms with Gasteiger partial charge in [0.1, 0.15) is 5.82 Å². The zero-order chi connectivity index (χ0) is 10.9. The van der Waals surface area contributed by atoms with Crippen LogP contribution in [0.3, 0.4) is 0 Å². The highest BCUT2D eigenvalue weighted by Gasteiger charge is 2.16. The van der Waals surface area contributed by atoms with Crippen molar-refractivity contribution >= 4 is 31.3 Å². The van der Waals surface area contributed by atoms with Crippen LogP contribution in [0.25, 0.3) is 0 Å². The molecule has 0 atom stereocenters. The van der Waals surface area contributed by atoms with Crippen molar-refractivity contribution in [2.45, 2.75) is 12.8 Å². The maximum absolute atomic E-state index is 12.9. The van der Waals surface area contributed by atoms with Crippen molar-refractivity contribution in [3.8, 4) is 0 Å². The minimum atomic E-state index is -2.05. The van der Waals surface area contributed by atoms with E-state index in [0.29, 0.717) is 21.7 Å². The molecule has 0 aliphatic carbocycles. The van der Waals surface area contributed by atoms with Crippen molar-refractivity contribution < 1.29 is 8.60 Å². The van der Waals surface area contributed by atoms with Gasteiger partial charge >= 0.3 is 0 Å². The molecule has 0 N–H and O–H groups in total. The quantitative estimate of drug-likeness (QED) is 0.779. The zero-order valence-electron chi connectivity index (χ0n) is 8.08. The smallest absolute Gasteiger partial charge is 0.137 e. The van der Waals surface area contributed by atoms with Gasteiger partial charge in [0.15, 0.2) is 0 Å². The summed E-state index contributed by atoms with van der Waals surface area (Å²) >= 11 is 3.09. The lowest BCUT2D eigenvalue weighted by atomic mass is 10.3. The fourth-order valence-corrected chi connectivity index (χ4v) is 4.14. The Morgan fingerprint density at radius 1 is 1.33 bits per heavy atom. The zero-order valence-corrected chi connectivity index (χ0v) is 10.5. The first-order valence-corrected chi connectivity index (χ1v) is 7.41. The lowest BCUT2D eigenvalue weighted by Gasteiger charge is -2.01. The fraction of sp³-hybridized carbons (Fsp3) is 0.400. The molecule has 1 aliphatic heterocycles. The molecule has 15 heavy (non-hydrogen) atoms. The highest BCUT2D eigenvalue weighted by Crippen LogP contribution is 2.25. The lowest BCUT2D eigenvalue weighted by Crippen LogP contribution is -1.99. The topological polar surface area (TPSA) is 29.4 Å². The van der Waals surface area contributed by atoms with Crippen molar-refractivity contribution in [1.29, 1.82) is 0 Å². The number of rotatable bonds is 1. The predicted molar refractivity (Wildman–Crippen MR) is 63.3 cm³/mol. The number of nitrogens with zero attached hydrogens (tertiary/aromatic N) is 1. The van der Waals surface area contributed by atoms with Crippen molar-refractivity contribution in [1.82, 2.24) is 0 Å². The first kappa shape index (κ1) is 11.1. The second-order valence-corrected chi connectivity index (χ2v) is 6.98. The van der Waals surface area contributed by atoms with E-state index in [4.69, 9.17) is 0 Å². The molecule has 0 bridgehead atoms. The maximum Gasteiger partial charge on any atom is 0.137 e. The first-order valence-electron chi connectivity index (χ1n) is 4.77. The average Bonchev–Trinajstić information content (AvgIpc) is 2.59. The molecule has 1 heterocycles. The SMILES string of the molecule is O=S1(=Nc2ccc(F)c(Br)c2)CCCC1. The lowest BCUT2D eigenvalue weighted by molar-refractivity contribution is 0.621. The molecule has 1 aliphatic rings. The molecule has 0 aromatic heterocycles. The predicted octanol–water partition coefficient (Wildman–Crippen LogP) is 3.48. The Hall–Kier alpha value is -0.420. The van der Waals surface area contributed by atoms with Gasteiger partial charge in [-0.15, -0.1) is 0 Å². The second-order valence-electron chi connectivity index (χ2n) is 3.58. The van der Waals surface area contributed by atoms with E-state index >= 15 is 0 Å². The van der Waals surface area contributed by atoms with E-state index in [1.165, 1.54) is 6.07 Å². The largest absolute Gasteiger partial charge is 0.249 e. The van der Waals surface area contributed by atoms with E-state index in [0.717, 1.165) is 12.8 Å². The van der Waals surface area contributed by atoms with Crippen LogP contribution < -0.4 is 0 Å². The summed E-state index contributed by atoms with van der Waals surface area (Å²) in [5, 5.41) is 0. The minimum Gasteiger partial charge on any atom is -0.249 e. The van der Waals surface area contributed by atoms with E-state index in [1.54, 1.807) is 12.1 Å². The van der Waals surface area contributed by atoms with Crippen LogP contribution in [0.1, 0.15) is 12.8 Å². The summed E-state index contributed by atoms with van der Waals surface area (Å²) in [5.74, 6) is 1.01. The van der Waals surface area contributed by atoms with Crippen molar-refractivity contribution in [3.63, 3.8) is 0 Å². The third-order valence-electron chi connectivity index (χ3n) is 2.35. The van der Waals surface area contributed by atoms with Crippen LogP contribution in [0, 0.1) is 5.82 Å². The Kier molecular flexibility index (Phi) is 3.11. The minimum absolute atomic E-state index is 0.324. The van der Waals surface area contributed by atoms with Crippen LogP contribution in [-0.4, -0.2) is 15.7 Å². The Bertz CT molecular complexity index is 482. The molecule has 0 amide bonds. The van der Waals surface area contributed by atoms with Crippen molar-refractivity contribution in [2.24, 2.45) is 4.36 Å². The maximum atomic E-state index is 12.9. The van der Waals surface area contributed by atoms with Gasteiger partial charge in [0, 0.05) is 11.5 Å². The summed E-state index contributed by atoms with van der Waals surface area (Å²) < 4.78 is 29.6. The molecule has 82 valence electrons. The Morgan fingerprint density at radius 3 is 2.60 bits per heavy atom. The fourth-order valence-electron chi connectivity index (χ4n) is 1.58. The normalized spacial score (nSPS) is 19.1. The third-order valence-corrected chi connectivity index (χ3v) is 5.36. The molecule has 0 spiro atoms. The van der Waals surface area contributed by atoms with Crippen molar-refractivity contribution in [3.05, 3.63) is 28.5 Å². The van der Waals surface area contributed by atoms with Gasteiger partial charge in [-0.2, -0.15) is 4.36 Å². The third kappa shape index (κ3) is 2.58. The van der Waals surface area contributed by atoms with Gasteiger partial charge in [-0.25, -0.2) is 8.60 Å². The van der Waals surface area contributed by atoms with E-state index in [2.05, 4.69) is 20.3 Å². The van der Waals surface area contributed by atoms with Crippen LogP contribution >= 0.6 is 15.9 Å². The molecule has 1 fully saturated rings. The number of benzene rings is 1. The Labute approximate surface area is 97.2 Å². The molecule has 1 saturated heterocycles. The average molecular weight is 292 g/mol. The van der Waals surface area contributed by atoms with Gasteiger partial charge in [-0.3, -0.25) is 0 Å². The van der Waals surface area contributed by atoms with E-state index < -0.39 is 9.73 Å². The van der Waals surface area contributed by atoms with E-state index in [-0.39, 0.29) is 5.82 Å². The van der Waals surface area contributed by atoms with Crippen LogP contribution in [-0.2, 0) is 9.73 Å². The molecule has 0 radical (unpaired) electrons. The molecular formula is C10H11BrFNOS. The monoisotopic (exact) mass is 291 g/mol. The second kappa shape index (κ2) is 4.22. The summed E-state index contributed by atoms with van der Waals surface area (Å²) in [5.41, 5.74) is 0.593. The molecule has 2 nitrogen and oxygen atoms in total. The molecule has 2 rings (SSSR count). The standard InChI is InChI=1S/C10H11BrFNOS/c11-9-7-8(3-4-10(9)12)13-15(14)5-1-2-6-15/h3-4,7H,1-2,5-6H2. The van der Waals surface area contributed by atoms with Crippen LogP contribution in [0.2, 0.25) is 0 Å². The molecule has 1 aromatic carbocycles. The number of halogens is 2.